The Morgan fingerprint density at radius 2 is 1.79 bits per heavy atom. The second-order valence-electron chi connectivity index (χ2n) is 8.21. The topological polar surface area (TPSA) is 96.8 Å². The van der Waals surface area contributed by atoms with Crippen molar-refractivity contribution in [1.29, 1.82) is 0 Å². The third-order valence-electron chi connectivity index (χ3n) is 6.22. The summed E-state index contributed by atoms with van der Waals surface area (Å²) in [6.45, 7) is 1.88. The fraction of sp³-hybridized carbons (Fsp3) is 0.364. The van der Waals surface area contributed by atoms with Crippen molar-refractivity contribution in [3.63, 3.8) is 0 Å². The van der Waals surface area contributed by atoms with Gasteiger partial charge in [-0.05, 0) is 43.9 Å². The standard InChI is InChI=1S/C22H20F3N7O/c1-12-5-8-26-18(17(12)19-27-6-2-7-28-19)20(33)32-14-3-4-16(32)15(9-14)31-21-29-10-13(11-30-21)22(23,24)25/h2,5-8,10-11,14-16H,3-4,9H2,1H3,(H,29,30,31)/t14-,15-,16+/m1/s1. The number of aromatic nitrogens is 5. The molecule has 3 atom stereocenters. The number of pyridine rings is 1. The smallest absolute Gasteiger partial charge is 0.349 e. The number of rotatable bonds is 4. The van der Waals surface area contributed by atoms with E-state index < -0.39 is 11.7 Å². The molecule has 5 heterocycles. The Kier molecular flexibility index (Phi) is 5.18. The maximum Gasteiger partial charge on any atom is 0.419 e. The molecule has 33 heavy (non-hydrogen) atoms. The van der Waals surface area contributed by atoms with Gasteiger partial charge in [0.15, 0.2) is 5.82 Å². The van der Waals surface area contributed by atoms with Crippen LogP contribution in [0.5, 0.6) is 0 Å². The van der Waals surface area contributed by atoms with Gasteiger partial charge in [0.25, 0.3) is 5.91 Å². The van der Waals surface area contributed by atoms with Crippen molar-refractivity contribution in [3.8, 4) is 11.4 Å². The van der Waals surface area contributed by atoms with Gasteiger partial charge >= 0.3 is 6.18 Å². The molecule has 0 spiro atoms. The van der Waals surface area contributed by atoms with E-state index in [1.165, 1.54) is 0 Å². The van der Waals surface area contributed by atoms with Gasteiger partial charge in [0.05, 0.1) is 23.2 Å². The summed E-state index contributed by atoms with van der Waals surface area (Å²) in [6, 6.07) is 3.22. The Balaban J connectivity index is 1.39. The Morgan fingerprint density at radius 3 is 2.48 bits per heavy atom. The normalized spacial score (nSPS) is 21.9. The molecule has 2 aliphatic rings. The van der Waals surface area contributed by atoms with Crippen molar-refractivity contribution in [2.45, 2.75) is 50.5 Å². The number of carbonyl (C=O) groups excluding carboxylic acids is 1. The first-order chi connectivity index (χ1) is 15.8. The van der Waals surface area contributed by atoms with Crippen LogP contribution in [0.25, 0.3) is 11.4 Å². The second kappa shape index (κ2) is 8.05. The van der Waals surface area contributed by atoms with E-state index in [9.17, 15) is 18.0 Å². The van der Waals surface area contributed by atoms with E-state index in [2.05, 4.69) is 30.2 Å². The summed E-state index contributed by atoms with van der Waals surface area (Å²) in [4.78, 5) is 36.1. The summed E-state index contributed by atoms with van der Waals surface area (Å²) < 4.78 is 38.3. The fourth-order valence-electron chi connectivity index (χ4n) is 4.73. The molecule has 8 nitrogen and oxygen atoms in total. The van der Waals surface area contributed by atoms with E-state index >= 15 is 0 Å². The van der Waals surface area contributed by atoms with Crippen molar-refractivity contribution in [2.24, 2.45) is 0 Å². The van der Waals surface area contributed by atoms with Crippen LogP contribution in [0.1, 0.15) is 40.9 Å². The zero-order chi connectivity index (χ0) is 23.2. The molecule has 2 fully saturated rings. The summed E-state index contributed by atoms with van der Waals surface area (Å²) >= 11 is 0. The fourth-order valence-corrected chi connectivity index (χ4v) is 4.73. The van der Waals surface area contributed by atoms with E-state index in [1.54, 1.807) is 24.7 Å². The highest BCUT2D eigenvalue weighted by molar-refractivity contribution is 5.99. The number of alkyl halides is 3. The predicted octanol–water partition coefficient (Wildman–Crippen LogP) is 3.51. The number of carbonyl (C=O) groups is 1. The number of nitrogens with zero attached hydrogens (tertiary/aromatic N) is 6. The highest BCUT2D eigenvalue weighted by Crippen LogP contribution is 2.40. The summed E-state index contributed by atoms with van der Waals surface area (Å²) in [5.41, 5.74) is 0.840. The minimum atomic E-state index is -4.49. The van der Waals surface area contributed by atoms with E-state index in [4.69, 9.17) is 0 Å². The van der Waals surface area contributed by atoms with Crippen molar-refractivity contribution in [2.75, 3.05) is 5.32 Å². The van der Waals surface area contributed by atoms with Crippen molar-refractivity contribution in [1.82, 2.24) is 29.8 Å². The average molecular weight is 455 g/mol. The average Bonchev–Trinajstić information content (AvgIpc) is 3.36. The third kappa shape index (κ3) is 3.87. The Bertz CT molecular complexity index is 1170. The largest absolute Gasteiger partial charge is 0.419 e. The lowest BCUT2D eigenvalue weighted by Gasteiger charge is -2.25. The molecule has 1 amide bonds. The number of nitrogens with one attached hydrogen (secondary N) is 1. The lowest BCUT2D eigenvalue weighted by molar-refractivity contribution is -0.138. The molecule has 5 rings (SSSR count). The van der Waals surface area contributed by atoms with Crippen molar-refractivity contribution < 1.29 is 18.0 Å². The Hall–Kier alpha value is -3.63. The molecule has 2 aliphatic heterocycles. The van der Waals surface area contributed by atoms with Crippen LogP contribution in [-0.4, -0.2) is 53.9 Å². The van der Waals surface area contributed by atoms with Crippen LogP contribution in [0, 0.1) is 6.92 Å². The predicted molar refractivity (Wildman–Crippen MR) is 112 cm³/mol. The number of hydrogen-bond acceptors (Lipinski definition) is 7. The number of amides is 1. The zero-order valence-electron chi connectivity index (χ0n) is 17.6. The second-order valence-corrected chi connectivity index (χ2v) is 8.21. The molecule has 2 saturated heterocycles. The van der Waals surface area contributed by atoms with E-state index in [-0.39, 0.29) is 30.0 Å². The first kappa shape index (κ1) is 21.2. The van der Waals surface area contributed by atoms with Gasteiger partial charge in [-0.15, -0.1) is 0 Å². The van der Waals surface area contributed by atoms with Crippen LogP contribution < -0.4 is 5.32 Å². The van der Waals surface area contributed by atoms with Crippen LogP contribution in [0.15, 0.2) is 43.1 Å². The van der Waals surface area contributed by atoms with E-state index in [0.29, 0.717) is 23.5 Å². The highest BCUT2D eigenvalue weighted by Gasteiger charge is 2.49. The molecule has 170 valence electrons. The monoisotopic (exact) mass is 455 g/mol. The maximum atomic E-state index is 13.6. The van der Waals surface area contributed by atoms with Gasteiger partial charge in [-0.1, -0.05) is 0 Å². The molecular formula is C22H20F3N7O. The van der Waals surface area contributed by atoms with Gasteiger partial charge in [-0.25, -0.2) is 19.9 Å². The summed E-state index contributed by atoms with van der Waals surface area (Å²) in [6.07, 6.45) is 4.14. The molecule has 0 saturated carbocycles. The van der Waals surface area contributed by atoms with Gasteiger partial charge in [-0.2, -0.15) is 13.2 Å². The highest BCUT2D eigenvalue weighted by atomic mass is 19.4. The Morgan fingerprint density at radius 1 is 1.06 bits per heavy atom. The number of halogens is 3. The van der Waals surface area contributed by atoms with Crippen molar-refractivity contribution in [3.05, 3.63) is 59.9 Å². The SMILES string of the molecule is Cc1ccnc(C(=O)N2[C@@H]3CC[C@H]2[C@H](Nc2ncc(C(F)(F)F)cn2)C3)c1-c1ncccn1. The van der Waals surface area contributed by atoms with Gasteiger partial charge < -0.3 is 10.2 Å². The van der Waals surface area contributed by atoms with Crippen molar-refractivity contribution >= 4 is 11.9 Å². The molecule has 0 radical (unpaired) electrons. The summed E-state index contributed by atoms with van der Waals surface area (Å²) in [5, 5.41) is 3.12. The minimum absolute atomic E-state index is 0.00121. The Labute approximate surface area is 187 Å². The molecule has 1 N–H and O–H groups in total. The van der Waals surface area contributed by atoms with Crippen LogP contribution in [0.4, 0.5) is 19.1 Å². The lowest BCUT2D eigenvalue weighted by atomic mass is 9.96. The number of fused-ring (bicyclic) bond motifs is 2. The number of aryl methyl sites for hydroxylation is 1. The van der Waals surface area contributed by atoms with Gasteiger partial charge in [0.1, 0.15) is 5.69 Å². The zero-order valence-corrected chi connectivity index (χ0v) is 17.6. The molecule has 0 aromatic carbocycles. The lowest BCUT2D eigenvalue weighted by Crippen LogP contribution is -2.40. The molecule has 0 unspecified atom stereocenters. The van der Waals surface area contributed by atoms with Gasteiger partial charge in [0, 0.05) is 37.0 Å². The molecular weight excluding hydrogens is 435 g/mol. The molecule has 3 aromatic rings. The van der Waals surface area contributed by atoms with Gasteiger partial charge in [0.2, 0.25) is 5.95 Å². The maximum absolute atomic E-state index is 13.6. The van der Waals surface area contributed by atoms with E-state index in [1.807, 2.05) is 17.9 Å². The third-order valence-corrected chi connectivity index (χ3v) is 6.22. The summed E-state index contributed by atoms with van der Waals surface area (Å²) in [5.74, 6) is 0.345. The first-order valence-electron chi connectivity index (χ1n) is 10.5. The van der Waals surface area contributed by atoms with E-state index in [0.717, 1.165) is 30.8 Å². The molecule has 2 bridgehead atoms. The molecule has 3 aromatic heterocycles. The molecule has 0 aliphatic carbocycles. The van der Waals surface area contributed by atoms with Gasteiger partial charge in [-0.3, -0.25) is 9.78 Å². The number of anilines is 1. The van der Waals surface area contributed by atoms with Crippen LogP contribution in [-0.2, 0) is 6.18 Å². The minimum Gasteiger partial charge on any atom is -0.349 e. The van der Waals surface area contributed by atoms with Crippen LogP contribution >= 0.6 is 0 Å². The number of hydrogen-bond donors (Lipinski definition) is 1. The first-order valence-corrected chi connectivity index (χ1v) is 10.5. The molecule has 11 heteroatoms. The van der Waals surface area contributed by atoms with Crippen LogP contribution in [0.2, 0.25) is 0 Å². The van der Waals surface area contributed by atoms with Crippen LogP contribution in [0.3, 0.4) is 0 Å². The quantitative estimate of drug-likeness (QED) is 0.643. The summed E-state index contributed by atoms with van der Waals surface area (Å²) in [7, 11) is 0.